The topological polar surface area (TPSA) is 75.7 Å². The molecule has 1 aliphatic rings. The molecule has 0 radical (unpaired) electrons. The Kier molecular flexibility index (Phi) is 4.11. The van der Waals surface area contributed by atoms with Gasteiger partial charge in [0.1, 0.15) is 6.10 Å². The molecule has 90 valence electrons. The van der Waals surface area contributed by atoms with Gasteiger partial charge in [-0.1, -0.05) is 13.8 Å². The highest BCUT2D eigenvalue weighted by Gasteiger charge is 2.35. The molecule has 4 atom stereocenters. The average Bonchev–Trinajstić information content (AvgIpc) is 2.09. The van der Waals surface area contributed by atoms with Crippen molar-refractivity contribution in [2.24, 2.45) is 5.92 Å². The van der Waals surface area contributed by atoms with E-state index in [1.807, 2.05) is 13.8 Å². The van der Waals surface area contributed by atoms with E-state index in [0.717, 1.165) is 12.8 Å². The van der Waals surface area contributed by atoms with Crippen LogP contribution in [-0.4, -0.2) is 31.3 Å². The third kappa shape index (κ3) is 3.71. The first-order valence-electron chi connectivity index (χ1n) is 5.13. The molecule has 0 amide bonds. The Morgan fingerprint density at radius 3 is 2.47 bits per heavy atom. The molecule has 0 bridgehead atoms. The highest BCUT2D eigenvalue weighted by Crippen LogP contribution is 2.29. The molecule has 5 nitrogen and oxygen atoms in total. The summed E-state index contributed by atoms with van der Waals surface area (Å²) in [5.41, 5.74) is 0. The molecule has 0 aliphatic carbocycles. The lowest BCUT2D eigenvalue weighted by atomic mass is 9.90. The van der Waals surface area contributed by atoms with Crippen LogP contribution in [0.25, 0.3) is 0 Å². The Bertz CT molecular complexity index is 288. The van der Waals surface area contributed by atoms with E-state index in [4.69, 9.17) is 4.74 Å². The maximum absolute atomic E-state index is 10.5. The lowest BCUT2D eigenvalue weighted by Gasteiger charge is -2.38. The molecule has 0 aromatic rings. The normalized spacial score (nSPS) is 37.9. The minimum absolute atomic E-state index is 0.0161. The van der Waals surface area contributed by atoms with Gasteiger partial charge in [0.25, 0.3) is 0 Å². The zero-order valence-corrected chi connectivity index (χ0v) is 9.99. The molecular formula is C9H17O5S-. The summed E-state index contributed by atoms with van der Waals surface area (Å²) in [7, 11) is -4.64. The number of ether oxygens (including phenoxy) is 1. The van der Waals surface area contributed by atoms with Gasteiger partial charge in [-0.3, -0.25) is 4.18 Å². The molecule has 15 heavy (non-hydrogen) atoms. The van der Waals surface area contributed by atoms with Crippen LogP contribution in [0.15, 0.2) is 0 Å². The van der Waals surface area contributed by atoms with E-state index in [9.17, 15) is 13.0 Å². The summed E-state index contributed by atoms with van der Waals surface area (Å²) >= 11 is 0. The second-order valence-corrected chi connectivity index (χ2v) is 5.06. The fourth-order valence-electron chi connectivity index (χ4n) is 2.02. The minimum atomic E-state index is -4.64. The smallest absolute Gasteiger partial charge is 0.218 e. The van der Waals surface area contributed by atoms with E-state index in [-0.39, 0.29) is 18.1 Å². The van der Waals surface area contributed by atoms with Crippen LogP contribution in [0.1, 0.15) is 33.6 Å². The predicted octanol–water partition coefficient (Wildman–Crippen LogP) is 1.06. The number of hydrogen-bond acceptors (Lipinski definition) is 5. The van der Waals surface area contributed by atoms with Gasteiger partial charge >= 0.3 is 0 Å². The van der Waals surface area contributed by atoms with Gasteiger partial charge in [0, 0.05) is 0 Å². The molecule has 0 saturated carbocycles. The van der Waals surface area contributed by atoms with Gasteiger partial charge in [-0.15, -0.1) is 0 Å². The Balaban J connectivity index is 2.66. The first kappa shape index (κ1) is 12.9. The second kappa shape index (κ2) is 4.78. The van der Waals surface area contributed by atoms with Crippen molar-refractivity contribution in [2.45, 2.75) is 51.9 Å². The maximum atomic E-state index is 10.5. The van der Waals surface area contributed by atoms with E-state index >= 15 is 0 Å². The number of hydrogen-bond donors (Lipinski definition) is 0. The molecule has 1 fully saturated rings. The fraction of sp³-hybridized carbons (Fsp3) is 1.00. The zero-order chi connectivity index (χ0) is 11.6. The third-order valence-corrected chi connectivity index (χ3v) is 3.21. The summed E-state index contributed by atoms with van der Waals surface area (Å²) in [6.07, 6.45) is 0.717. The quantitative estimate of drug-likeness (QED) is 0.542. The minimum Gasteiger partial charge on any atom is -0.726 e. The first-order chi connectivity index (χ1) is 6.83. The molecule has 1 rings (SSSR count). The average molecular weight is 237 g/mol. The van der Waals surface area contributed by atoms with Crippen LogP contribution in [-0.2, 0) is 19.3 Å². The Hall–Kier alpha value is -0.170. The van der Waals surface area contributed by atoms with Crippen molar-refractivity contribution < 1.29 is 21.9 Å². The molecule has 1 saturated heterocycles. The van der Waals surface area contributed by atoms with Gasteiger partial charge in [0.15, 0.2) is 0 Å². The molecule has 0 spiro atoms. The van der Waals surface area contributed by atoms with E-state index in [1.54, 1.807) is 6.92 Å². The van der Waals surface area contributed by atoms with E-state index in [2.05, 4.69) is 4.18 Å². The molecule has 0 aromatic heterocycles. The standard InChI is InChI=1S/C9H18O5S/c1-4-8-5-6(2)9(7(3)13-8)14-15(10,11)12/h6-9H,4-5H2,1-3H3,(H,10,11,12)/p-1/t6?,7-,8?,9?/m0/s1. The van der Waals surface area contributed by atoms with Crippen LogP contribution >= 0.6 is 0 Å². The summed E-state index contributed by atoms with van der Waals surface area (Å²) in [5.74, 6) is 0.0161. The van der Waals surface area contributed by atoms with Gasteiger partial charge in [0.05, 0.1) is 12.2 Å². The van der Waals surface area contributed by atoms with Crippen LogP contribution in [0.4, 0.5) is 0 Å². The summed E-state index contributed by atoms with van der Waals surface area (Å²) in [6, 6.07) is 0. The lowest BCUT2D eigenvalue weighted by Crippen LogP contribution is -2.44. The van der Waals surface area contributed by atoms with E-state index in [0.29, 0.717) is 0 Å². The van der Waals surface area contributed by atoms with Crippen LogP contribution in [0, 0.1) is 5.92 Å². The zero-order valence-electron chi connectivity index (χ0n) is 9.17. The van der Waals surface area contributed by atoms with Gasteiger partial charge < -0.3 is 9.29 Å². The monoisotopic (exact) mass is 237 g/mol. The summed E-state index contributed by atoms with van der Waals surface area (Å²) in [5, 5.41) is 0. The van der Waals surface area contributed by atoms with Gasteiger partial charge in [-0.2, -0.15) is 0 Å². The lowest BCUT2D eigenvalue weighted by molar-refractivity contribution is -0.124. The first-order valence-corrected chi connectivity index (χ1v) is 6.46. The third-order valence-electron chi connectivity index (χ3n) is 2.75. The number of rotatable bonds is 3. The second-order valence-electron chi connectivity index (χ2n) is 4.05. The Labute approximate surface area is 90.7 Å². The van der Waals surface area contributed by atoms with Gasteiger partial charge in [-0.25, -0.2) is 8.42 Å². The van der Waals surface area contributed by atoms with Crippen LogP contribution in [0.3, 0.4) is 0 Å². The molecule has 1 heterocycles. The van der Waals surface area contributed by atoms with Crippen molar-refractivity contribution in [3.05, 3.63) is 0 Å². The van der Waals surface area contributed by atoms with Gasteiger partial charge in [0.2, 0.25) is 10.4 Å². The Morgan fingerprint density at radius 2 is 2.07 bits per heavy atom. The van der Waals surface area contributed by atoms with Crippen molar-refractivity contribution in [2.75, 3.05) is 0 Å². The molecule has 1 aliphatic heterocycles. The van der Waals surface area contributed by atoms with Crippen LogP contribution < -0.4 is 0 Å². The van der Waals surface area contributed by atoms with Crippen molar-refractivity contribution in [3.8, 4) is 0 Å². The summed E-state index contributed by atoms with van der Waals surface area (Å²) < 4.78 is 41.5. The van der Waals surface area contributed by atoms with Crippen LogP contribution in [0.2, 0.25) is 0 Å². The Morgan fingerprint density at radius 1 is 1.47 bits per heavy atom. The highest BCUT2D eigenvalue weighted by atomic mass is 32.3. The van der Waals surface area contributed by atoms with Crippen molar-refractivity contribution >= 4 is 10.4 Å². The maximum Gasteiger partial charge on any atom is 0.218 e. The van der Waals surface area contributed by atoms with Crippen molar-refractivity contribution in [1.82, 2.24) is 0 Å². The summed E-state index contributed by atoms with van der Waals surface area (Å²) in [4.78, 5) is 0. The molecule has 6 heteroatoms. The fourth-order valence-corrected chi connectivity index (χ4v) is 2.64. The van der Waals surface area contributed by atoms with Crippen molar-refractivity contribution in [1.29, 1.82) is 0 Å². The van der Waals surface area contributed by atoms with Gasteiger partial charge in [-0.05, 0) is 25.7 Å². The SMILES string of the molecule is CCC1CC(C)C(OS(=O)(=O)[O-])[C@H](C)O1. The molecular weight excluding hydrogens is 220 g/mol. The highest BCUT2D eigenvalue weighted by molar-refractivity contribution is 7.80. The van der Waals surface area contributed by atoms with E-state index < -0.39 is 16.5 Å². The largest absolute Gasteiger partial charge is 0.726 e. The van der Waals surface area contributed by atoms with Crippen LogP contribution in [0.5, 0.6) is 0 Å². The molecule has 0 aromatic carbocycles. The summed E-state index contributed by atoms with van der Waals surface area (Å²) in [6.45, 7) is 5.61. The molecule has 3 unspecified atom stereocenters. The van der Waals surface area contributed by atoms with Crippen molar-refractivity contribution in [3.63, 3.8) is 0 Å². The molecule has 0 N–H and O–H groups in total. The predicted molar refractivity (Wildman–Crippen MR) is 53.0 cm³/mol. The van der Waals surface area contributed by atoms with E-state index in [1.165, 1.54) is 0 Å².